The molecule has 120 valence electrons. The van der Waals surface area contributed by atoms with E-state index in [-0.39, 0.29) is 5.91 Å². The Morgan fingerprint density at radius 2 is 2.08 bits per heavy atom. The van der Waals surface area contributed by atoms with Crippen LogP contribution in [-0.4, -0.2) is 16.9 Å². The van der Waals surface area contributed by atoms with E-state index in [2.05, 4.69) is 46.4 Å². The van der Waals surface area contributed by atoms with Gasteiger partial charge >= 0.3 is 0 Å². The molecule has 1 N–H and O–H groups in total. The van der Waals surface area contributed by atoms with Gasteiger partial charge in [-0.25, -0.2) is 4.98 Å². The number of rotatable bonds is 3. The van der Waals surface area contributed by atoms with Crippen molar-refractivity contribution in [2.24, 2.45) is 0 Å². The third-order valence-corrected chi connectivity index (χ3v) is 5.07. The Morgan fingerprint density at radius 1 is 1.21 bits per heavy atom. The van der Waals surface area contributed by atoms with E-state index < -0.39 is 0 Å². The number of para-hydroxylation sites is 1. The average molecular weight is 335 g/mol. The second-order valence-corrected chi connectivity index (χ2v) is 6.84. The first-order chi connectivity index (χ1) is 11.7. The van der Waals surface area contributed by atoms with E-state index in [9.17, 15) is 4.79 Å². The Labute approximate surface area is 144 Å². The minimum Gasteiger partial charge on any atom is -0.323 e. The highest BCUT2D eigenvalue weighted by Crippen LogP contribution is 2.37. The number of amides is 1. The lowest BCUT2D eigenvalue weighted by atomic mass is 10.1. The first-order valence-corrected chi connectivity index (χ1v) is 8.78. The Bertz CT molecular complexity index is 859. The Kier molecular flexibility index (Phi) is 3.78. The zero-order valence-corrected chi connectivity index (χ0v) is 14.1. The molecule has 24 heavy (non-hydrogen) atoms. The van der Waals surface area contributed by atoms with Crippen LogP contribution in [0.25, 0.3) is 0 Å². The molecule has 4 nitrogen and oxygen atoms in total. The molecule has 0 bridgehead atoms. The summed E-state index contributed by atoms with van der Waals surface area (Å²) in [7, 11) is 0. The largest absolute Gasteiger partial charge is 0.323 e. The van der Waals surface area contributed by atoms with Crippen molar-refractivity contribution in [2.75, 3.05) is 10.2 Å². The van der Waals surface area contributed by atoms with E-state index >= 15 is 0 Å². The normalized spacial score (nSPS) is 16.0. The van der Waals surface area contributed by atoms with Gasteiger partial charge in [0, 0.05) is 11.7 Å². The number of nitrogens with one attached hydrogen (secondary N) is 1. The lowest BCUT2D eigenvalue weighted by Gasteiger charge is -2.23. The van der Waals surface area contributed by atoms with E-state index in [0.717, 1.165) is 12.2 Å². The molecule has 3 aromatic rings. The summed E-state index contributed by atoms with van der Waals surface area (Å²) in [4.78, 5) is 19.6. The third kappa shape index (κ3) is 2.67. The smallest absolute Gasteiger partial charge is 0.265 e. The van der Waals surface area contributed by atoms with E-state index in [1.807, 2.05) is 29.6 Å². The highest BCUT2D eigenvalue weighted by atomic mass is 32.1. The molecule has 2 aromatic heterocycles. The summed E-state index contributed by atoms with van der Waals surface area (Å²) in [5, 5.41) is 4.77. The topological polar surface area (TPSA) is 45.2 Å². The monoisotopic (exact) mass is 335 g/mol. The van der Waals surface area contributed by atoms with Crippen LogP contribution in [0, 0.1) is 0 Å². The standard InChI is InChI=1S/C19H17N3OS/c1-13-11-14-5-2-3-6-16(14)22(13)18-9-8-15(12-20-18)21-19(23)17-7-4-10-24-17/h2-10,12-13H,11H2,1H3,(H,21,23). The van der Waals surface area contributed by atoms with Gasteiger partial charge in [-0.15, -0.1) is 11.3 Å². The van der Waals surface area contributed by atoms with Crippen LogP contribution < -0.4 is 10.2 Å². The summed E-state index contributed by atoms with van der Waals surface area (Å²) in [5.74, 6) is 0.806. The van der Waals surface area contributed by atoms with E-state index in [0.29, 0.717) is 16.6 Å². The van der Waals surface area contributed by atoms with Gasteiger partial charge in [0.05, 0.1) is 16.8 Å². The fourth-order valence-electron chi connectivity index (χ4n) is 3.12. The van der Waals surface area contributed by atoms with Crippen molar-refractivity contribution in [1.82, 2.24) is 4.98 Å². The van der Waals surface area contributed by atoms with Crippen molar-refractivity contribution < 1.29 is 4.79 Å². The van der Waals surface area contributed by atoms with Gasteiger partial charge in [0.25, 0.3) is 5.91 Å². The van der Waals surface area contributed by atoms with Crippen LogP contribution in [0.3, 0.4) is 0 Å². The fourth-order valence-corrected chi connectivity index (χ4v) is 3.74. The van der Waals surface area contributed by atoms with Crippen molar-refractivity contribution in [3.8, 4) is 0 Å². The van der Waals surface area contributed by atoms with Crippen LogP contribution in [0.15, 0.2) is 60.1 Å². The molecular formula is C19H17N3OS. The van der Waals surface area contributed by atoms with Gasteiger partial charge in [-0.2, -0.15) is 0 Å². The highest BCUT2D eigenvalue weighted by Gasteiger charge is 2.27. The molecule has 0 spiro atoms. The lowest BCUT2D eigenvalue weighted by Crippen LogP contribution is -2.24. The number of fused-ring (bicyclic) bond motifs is 1. The number of benzene rings is 1. The second kappa shape index (κ2) is 6.09. The second-order valence-electron chi connectivity index (χ2n) is 5.89. The van der Waals surface area contributed by atoms with Gasteiger partial charge in [0.15, 0.2) is 0 Å². The Hall–Kier alpha value is -2.66. The van der Waals surface area contributed by atoms with Crippen molar-refractivity contribution in [1.29, 1.82) is 0 Å². The third-order valence-electron chi connectivity index (χ3n) is 4.20. The van der Waals surface area contributed by atoms with Gasteiger partial charge in [-0.3, -0.25) is 4.79 Å². The van der Waals surface area contributed by atoms with E-state index in [1.54, 1.807) is 6.20 Å². The Morgan fingerprint density at radius 3 is 2.83 bits per heavy atom. The first-order valence-electron chi connectivity index (χ1n) is 7.90. The zero-order chi connectivity index (χ0) is 16.5. The summed E-state index contributed by atoms with van der Waals surface area (Å²) in [6.07, 6.45) is 2.74. The summed E-state index contributed by atoms with van der Waals surface area (Å²) in [6.45, 7) is 2.20. The molecule has 0 fully saturated rings. The number of thiophene rings is 1. The molecule has 4 rings (SSSR count). The van der Waals surface area contributed by atoms with Gasteiger partial charge in [0.1, 0.15) is 5.82 Å². The van der Waals surface area contributed by atoms with Gasteiger partial charge in [-0.05, 0) is 48.6 Å². The highest BCUT2D eigenvalue weighted by molar-refractivity contribution is 7.12. The van der Waals surface area contributed by atoms with Gasteiger partial charge in [0.2, 0.25) is 0 Å². The number of carbonyl (C=O) groups is 1. The number of hydrogen-bond acceptors (Lipinski definition) is 4. The molecule has 1 unspecified atom stereocenters. The maximum Gasteiger partial charge on any atom is 0.265 e. The molecule has 1 aliphatic rings. The minimum atomic E-state index is -0.0977. The van der Waals surface area contributed by atoms with Crippen LogP contribution in [0.2, 0.25) is 0 Å². The molecule has 1 amide bonds. The number of pyridine rings is 1. The summed E-state index contributed by atoms with van der Waals surface area (Å²) < 4.78 is 0. The zero-order valence-electron chi connectivity index (χ0n) is 13.3. The number of anilines is 3. The van der Waals surface area contributed by atoms with Crippen LogP contribution in [0.1, 0.15) is 22.2 Å². The quantitative estimate of drug-likeness (QED) is 0.767. The molecule has 1 aromatic carbocycles. The molecule has 0 saturated heterocycles. The lowest BCUT2D eigenvalue weighted by molar-refractivity contribution is 0.103. The summed E-state index contributed by atoms with van der Waals surface area (Å²) >= 11 is 1.43. The number of nitrogens with zero attached hydrogens (tertiary/aromatic N) is 2. The van der Waals surface area contributed by atoms with Crippen molar-refractivity contribution in [3.63, 3.8) is 0 Å². The van der Waals surface area contributed by atoms with Crippen LogP contribution in [0.5, 0.6) is 0 Å². The number of carbonyl (C=O) groups excluding carboxylic acids is 1. The van der Waals surface area contributed by atoms with Gasteiger partial charge in [-0.1, -0.05) is 24.3 Å². The first kappa shape index (κ1) is 14.9. The molecular weight excluding hydrogens is 318 g/mol. The minimum absolute atomic E-state index is 0.0977. The maximum atomic E-state index is 12.1. The van der Waals surface area contributed by atoms with Crippen LogP contribution in [0.4, 0.5) is 17.2 Å². The van der Waals surface area contributed by atoms with Crippen LogP contribution in [-0.2, 0) is 6.42 Å². The van der Waals surface area contributed by atoms with Crippen LogP contribution >= 0.6 is 11.3 Å². The number of hydrogen-bond donors (Lipinski definition) is 1. The summed E-state index contributed by atoms with van der Waals surface area (Å²) in [6, 6.07) is 16.4. The molecule has 3 heterocycles. The average Bonchev–Trinajstić information content (AvgIpc) is 3.23. The molecule has 5 heteroatoms. The fraction of sp³-hybridized carbons (Fsp3) is 0.158. The number of aromatic nitrogens is 1. The predicted molar refractivity (Wildman–Crippen MR) is 98.3 cm³/mol. The molecule has 1 atom stereocenters. The van der Waals surface area contributed by atoms with E-state index in [4.69, 9.17) is 0 Å². The molecule has 0 aliphatic carbocycles. The predicted octanol–water partition coefficient (Wildman–Crippen LogP) is 4.48. The van der Waals surface area contributed by atoms with E-state index in [1.165, 1.54) is 22.6 Å². The molecule has 0 saturated carbocycles. The summed E-state index contributed by atoms with van der Waals surface area (Å²) in [5.41, 5.74) is 3.27. The SMILES string of the molecule is CC1Cc2ccccc2N1c1ccc(NC(=O)c2cccs2)cn1. The molecule has 0 radical (unpaired) electrons. The van der Waals surface area contributed by atoms with Crippen molar-refractivity contribution in [3.05, 3.63) is 70.5 Å². The van der Waals surface area contributed by atoms with Crippen molar-refractivity contribution >= 4 is 34.4 Å². The van der Waals surface area contributed by atoms with Gasteiger partial charge < -0.3 is 10.2 Å². The Balaban J connectivity index is 1.55. The maximum absolute atomic E-state index is 12.1. The van der Waals surface area contributed by atoms with Crippen molar-refractivity contribution in [2.45, 2.75) is 19.4 Å². The molecule has 1 aliphatic heterocycles.